The number of nitrogens with one attached hydrogen (secondary N) is 1. The number of H-pyrrole nitrogens is 1. The van der Waals surface area contributed by atoms with Gasteiger partial charge in [0.15, 0.2) is 0 Å². The van der Waals surface area contributed by atoms with Crippen LogP contribution in [0.5, 0.6) is 0 Å². The van der Waals surface area contributed by atoms with Crippen molar-refractivity contribution < 1.29 is 0 Å². The lowest BCUT2D eigenvalue weighted by Gasteiger charge is -2.02. The van der Waals surface area contributed by atoms with Crippen molar-refractivity contribution >= 4 is 10.9 Å². The smallest absolute Gasteiger partial charge is 0.0459 e. The average Bonchev–Trinajstić information content (AvgIpc) is 2.76. The van der Waals surface area contributed by atoms with Crippen molar-refractivity contribution in [1.29, 1.82) is 0 Å². The fourth-order valence-electron chi connectivity index (χ4n) is 2.52. The summed E-state index contributed by atoms with van der Waals surface area (Å²) in [7, 11) is 0. The monoisotopic (exact) mass is 245 g/mol. The van der Waals surface area contributed by atoms with Crippen molar-refractivity contribution in [3.8, 4) is 23.5 Å². The Hall–Kier alpha value is -2.46. The van der Waals surface area contributed by atoms with Crippen molar-refractivity contribution in [2.24, 2.45) is 0 Å². The molecule has 0 atom stereocenters. The molecule has 0 fully saturated rings. The molecule has 1 N–H and O–H groups in total. The fraction of sp³-hybridized carbons (Fsp3) is 0.111. The highest BCUT2D eigenvalue weighted by atomic mass is 14.7. The Bertz CT molecular complexity index is 757. The standard InChI is InChI=1S/C18H15N/c1-3-7-16-13(2)19-18-11-10-15(12-17(16)18)14-8-5-4-6-9-14/h1,4-6,8-12,19H,7H2,2H3. The van der Waals surface area contributed by atoms with E-state index < -0.39 is 0 Å². The summed E-state index contributed by atoms with van der Waals surface area (Å²) in [6.07, 6.45) is 6.14. The molecule has 19 heavy (non-hydrogen) atoms. The quantitative estimate of drug-likeness (QED) is 0.647. The van der Waals surface area contributed by atoms with Crippen LogP contribution < -0.4 is 0 Å². The van der Waals surface area contributed by atoms with E-state index in [2.05, 4.69) is 60.3 Å². The predicted molar refractivity (Wildman–Crippen MR) is 81.0 cm³/mol. The van der Waals surface area contributed by atoms with E-state index in [-0.39, 0.29) is 0 Å². The number of aromatic amines is 1. The summed E-state index contributed by atoms with van der Waals surface area (Å²) in [6, 6.07) is 16.9. The first-order valence-electron chi connectivity index (χ1n) is 6.39. The molecule has 0 spiro atoms. The lowest BCUT2D eigenvalue weighted by atomic mass is 10.0. The Morgan fingerprint density at radius 2 is 1.84 bits per heavy atom. The van der Waals surface area contributed by atoms with Gasteiger partial charge in [-0.2, -0.15) is 0 Å². The molecule has 1 aromatic heterocycles. The average molecular weight is 245 g/mol. The molecule has 0 amide bonds. The second kappa shape index (κ2) is 4.66. The molecule has 92 valence electrons. The highest BCUT2D eigenvalue weighted by Crippen LogP contribution is 2.28. The molecule has 0 aliphatic carbocycles. The normalized spacial score (nSPS) is 10.5. The minimum atomic E-state index is 0.671. The number of fused-ring (bicyclic) bond motifs is 1. The molecule has 0 saturated heterocycles. The summed E-state index contributed by atoms with van der Waals surface area (Å²) in [4.78, 5) is 3.39. The molecule has 0 aliphatic heterocycles. The van der Waals surface area contributed by atoms with E-state index in [4.69, 9.17) is 6.42 Å². The summed E-state index contributed by atoms with van der Waals surface area (Å²) in [5.41, 5.74) is 6.01. The van der Waals surface area contributed by atoms with Gasteiger partial charge < -0.3 is 4.98 Å². The van der Waals surface area contributed by atoms with Gasteiger partial charge in [-0.1, -0.05) is 36.4 Å². The number of aryl methyl sites for hydroxylation is 1. The van der Waals surface area contributed by atoms with Crippen LogP contribution in [0.3, 0.4) is 0 Å². The van der Waals surface area contributed by atoms with Crippen LogP contribution in [0.4, 0.5) is 0 Å². The van der Waals surface area contributed by atoms with Crippen molar-refractivity contribution in [3.63, 3.8) is 0 Å². The highest BCUT2D eigenvalue weighted by molar-refractivity contribution is 5.89. The Morgan fingerprint density at radius 1 is 1.05 bits per heavy atom. The first-order valence-corrected chi connectivity index (χ1v) is 6.39. The van der Waals surface area contributed by atoms with Crippen LogP contribution in [0.15, 0.2) is 48.5 Å². The zero-order valence-electron chi connectivity index (χ0n) is 10.9. The number of terminal acetylenes is 1. The first-order chi connectivity index (χ1) is 9.29. The van der Waals surface area contributed by atoms with E-state index in [1.54, 1.807) is 0 Å². The molecule has 1 nitrogen and oxygen atoms in total. The van der Waals surface area contributed by atoms with Gasteiger partial charge in [0.1, 0.15) is 0 Å². The van der Waals surface area contributed by atoms with Gasteiger partial charge in [0.25, 0.3) is 0 Å². The van der Waals surface area contributed by atoms with E-state index in [0.29, 0.717) is 6.42 Å². The summed E-state index contributed by atoms with van der Waals surface area (Å²) < 4.78 is 0. The van der Waals surface area contributed by atoms with Gasteiger partial charge in [-0.05, 0) is 35.7 Å². The second-order valence-corrected chi connectivity index (χ2v) is 4.74. The third kappa shape index (κ3) is 2.02. The van der Waals surface area contributed by atoms with Gasteiger partial charge >= 0.3 is 0 Å². The van der Waals surface area contributed by atoms with E-state index >= 15 is 0 Å². The van der Waals surface area contributed by atoms with Crippen LogP contribution in [0.1, 0.15) is 11.3 Å². The van der Waals surface area contributed by atoms with Crippen LogP contribution in [0.2, 0.25) is 0 Å². The molecular formula is C18H15N. The summed E-state index contributed by atoms with van der Waals surface area (Å²) in [5, 5.41) is 1.23. The molecule has 3 aromatic rings. The summed E-state index contributed by atoms with van der Waals surface area (Å²) in [5.74, 6) is 2.74. The van der Waals surface area contributed by atoms with Gasteiger partial charge in [-0.15, -0.1) is 12.3 Å². The number of rotatable bonds is 2. The van der Waals surface area contributed by atoms with Gasteiger partial charge in [-0.25, -0.2) is 0 Å². The second-order valence-electron chi connectivity index (χ2n) is 4.74. The molecule has 0 bridgehead atoms. The Balaban J connectivity index is 2.20. The van der Waals surface area contributed by atoms with E-state index in [9.17, 15) is 0 Å². The number of aromatic nitrogens is 1. The Labute approximate surface area is 113 Å². The predicted octanol–water partition coefficient (Wildman–Crippen LogP) is 4.32. The van der Waals surface area contributed by atoms with Gasteiger partial charge in [0.05, 0.1) is 0 Å². The first kappa shape index (κ1) is 11.6. The minimum Gasteiger partial charge on any atom is -0.358 e. The molecule has 3 rings (SSSR count). The molecule has 0 aliphatic rings. The summed E-state index contributed by atoms with van der Waals surface area (Å²) in [6.45, 7) is 2.08. The van der Waals surface area contributed by atoms with Crippen LogP contribution in [-0.2, 0) is 6.42 Å². The van der Waals surface area contributed by atoms with E-state index in [1.807, 2.05) is 6.07 Å². The SMILES string of the molecule is C#CCc1c(C)[nH]c2ccc(-c3ccccc3)cc12. The Kier molecular flexibility index (Phi) is 2.85. The third-order valence-corrected chi connectivity index (χ3v) is 3.51. The fourth-order valence-corrected chi connectivity index (χ4v) is 2.52. The number of hydrogen-bond donors (Lipinski definition) is 1. The maximum absolute atomic E-state index is 5.46. The topological polar surface area (TPSA) is 15.8 Å². The maximum atomic E-state index is 5.46. The number of hydrogen-bond acceptors (Lipinski definition) is 0. The van der Waals surface area contributed by atoms with E-state index in [0.717, 1.165) is 11.2 Å². The molecule has 1 heteroatoms. The molecule has 1 heterocycles. The van der Waals surface area contributed by atoms with Gasteiger partial charge in [-0.3, -0.25) is 0 Å². The Morgan fingerprint density at radius 3 is 2.58 bits per heavy atom. The molecule has 0 radical (unpaired) electrons. The molecule has 0 saturated carbocycles. The number of benzene rings is 2. The zero-order chi connectivity index (χ0) is 13.2. The zero-order valence-corrected chi connectivity index (χ0v) is 10.9. The lowest BCUT2D eigenvalue weighted by molar-refractivity contribution is 1.21. The lowest BCUT2D eigenvalue weighted by Crippen LogP contribution is -1.83. The largest absolute Gasteiger partial charge is 0.358 e. The van der Waals surface area contributed by atoms with Gasteiger partial charge in [0, 0.05) is 23.0 Å². The van der Waals surface area contributed by atoms with Crippen LogP contribution in [0.25, 0.3) is 22.0 Å². The molecule has 2 aromatic carbocycles. The van der Waals surface area contributed by atoms with Crippen LogP contribution >= 0.6 is 0 Å². The van der Waals surface area contributed by atoms with Gasteiger partial charge in [0.2, 0.25) is 0 Å². The van der Waals surface area contributed by atoms with Crippen molar-refractivity contribution in [2.45, 2.75) is 13.3 Å². The summed E-state index contributed by atoms with van der Waals surface area (Å²) >= 11 is 0. The van der Waals surface area contributed by atoms with Crippen molar-refractivity contribution in [2.75, 3.05) is 0 Å². The van der Waals surface area contributed by atoms with E-state index in [1.165, 1.54) is 22.1 Å². The third-order valence-electron chi connectivity index (χ3n) is 3.51. The van der Waals surface area contributed by atoms with Crippen LogP contribution in [-0.4, -0.2) is 4.98 Å². The maximum Gasteiger partial charge on any atom is 0.0459 e. The minimum absolute atomic E-state index is 0.671. The van der Waals surface area contributed by atoms with Crippen LogP contribution in [0, 0.1) is 19.3 Å². The molecular weight excluding hydrogens is 230 g/mol. The van der Waals surface area contributed by atoms with Crippen molar-refractivity contribution in [1.82, 2.24) is 4.98 Å². The highest BCUT2D eigenvalue weighted by Gasteiger charge is 2.08. The molecule has 0 unspecified atom stereocenters. The van der Waals surface area contributed by atoms with Crippen molar-refractivity contribution in [3.05, 3.63) is 59.8 Å².